The number of nitro groups is 1. The predicted molar refractivity (Wildman–Crippen MR) is 63.3 cm³/mol. The number of para-hydroxylation sites is 1. The molecule has 1 fully saturated rings. The molecule has 1 aromatic carbocycles. The average molecular weight is 263 g/mol. The Bertz CT molecular complexity index is 595. The lowest BCUT2D eigenvalue weighted by atomic mass is 10.3. The van der Waals surface area contributed by atoms with Crippen LogP contribution in [0.4, 0.5) is 5.69 Å². The summed E-state index contributed by atoms with van der Waals surface area (Å²) in [5.74, 6) is 0. The lowest BCUT2D eigenvalue weighted by molar-refractivity contribution is -0.387. The van der Waals surface area contributed by atoms with E-state index in [0.29, 0.717) is 16.1 Å². The first-order chi connectivity index (χ1) is 8.75. The molecule has 0 spiro atoms. The molecule has 7 nitrogen and oxygen atoms in total. The highest BCUT2D eigenvalue weighted by Gasteiger charge is 2.28. The quantitative estimate of drug-likeness (QED) is 0.620. The van der Waals surface area contributed by atoms with Gasteiger partial charge in [-0.15, -0.1) is 5.10 Å². The Morgan fingerprint density at radius 1 is 1.39 bits per heavy atom. The molecule has 92 valence electrons. The maximum atomic E-state index is 10.9. The Hall–Kier alpha value is -1.96. The van der Waals surface area contributed by atoms with E-state index in [0.717, 1.165) is 12.8 Å². The van der Waals surface area contributed by atoms with Crippen LogP contribution < -0.4 is 0 Å². The van der Waals surface area contributed by atoms with E-state index in [4.69, 9.17) is 0 Å². The van der Waals surface area contributed by atoms with Gasteiger partial charge >= 0.3 is 0 Å². The predicted octanol–water partition coefficient (Wildman–Crippen LogP) is 2.07. The summed E-state index contributed by atoms with van der Waals surface area (Å²) in [5, 5.41) is 23.0. The average Bonchev–Trinajstić information content (AvgIpc) is 3.11. The highest BCUT2D eigenvalue weighted by molar-refractivity contribution is 7.99. The zero-order chi connectivity index (χ0) is 12.5. The third kappa shape index (κ3) is 2.06. The van der Waals surface area contributed by atoms with Crippen molar-refractivity contribution in [3.63, 3.8) is 0 Å². The zero-order valence-electron chi connectivity index (χ0n) is 9.26. The van der Waals surface area contributed by atoms with Gasteiger partial charge in [-0.1, -0.05) is 12.1 Å². The minimum absolute atomic E-state index is 0.0767. The van der Waals surface area contributed by atoms with Crippen LogP contribution in [0.15, 0.2) is 34.3 Å². The number of aromatic nitrogens is 4. The second-order valence-corrected chi connectivity index (χ2v) is 4.97. The molecule has 18 heavy (non-hydrogen) atoms. The fourth-order valence-corrected chi connectivity index (χ4v) is 2.54. The van der Waals surface area contributed by atoms with Crippen LogP contribution in [0, 0.1) is 10.1 Å². The van der Waals surface area contributed by atoms with Gasteiger partial charge in [0.2, 0.25) is 5.16 Å². The highest BCUT2D eigenvalue weighted by Crippen LogP contribution is 2.39. The Kier molecular flexibility index (Phi) is 2.71. The van der Waals surface area contributed by atoms with Crippen molar-refractivity contribution in [1.82, 2.24) is 20.2 Å². The van der Waals surface area contributed by atoms with Crippen molar-refractivity contribution < 1.29 is 4.92 Å². The lowest BCUT2D eigenvalue weighted by Crippen LogP contribution is -1.99. The molecular formula is C10H9N5O2S. The fourth-order valence-electron chi connectivity index (χ4n) is 1.59. The molecule has 0 atom stereocenters. The van der Waals surface area contributed by atoms with Crippen molar-refractivity contribution in [3.05, 3.63) is 34.4 Å². The molecular weight excluding hydrogens is 254 g/mol. The van der Waals surface area contributed by atoms with E-state index in [1.165, 1.54) is 17.8 Å². The van der Waals surface area contributed by atoms with Gasteiger partial charge in [-0.25, -0.2) is 4.68 Å². The summed E-state index contributed by atoms with van der Waals surface area (Å²) in [6, 6.07) is 6.94. The summed E-state index contributed by atoms with van der Waals surface area (Å²) in [7, 11) is 0. The van der Waals surface area contributed by atoms with Gasteiger partial charge in [0.15, 0.2) is 0 Å². The summed E-state index contributed by atoms with van der Waals surface area (Å²) in [5.41, 5.74) is 0.0767. The maximum Gasteiger partial charge on any atom is 0.283 e. The summed E-state index contributed by atoms with van der Waals surface area (Å²) in [6.45, 7) is 0. The highest BCUT2D eigenvalue weighted by atomic mass is 32.2. The van der Waals surface area contributed by atoms with E-state index >= 15 is 0 Å². The minimum atomic E-state index is -0.395. The first-order valence-electron chi connectivity index (χ1n) is 5.45. The van der Waals surface area contributed by atoms with Crippen LogP contribution in [0.2, 0.25) is 0 Å². The van der Waals surface area contributed by atoms with Crippen LogP contribution >= 0.6 is 11.8 Å². The van der Waals surface area contributed by atoms with E-state index in [-0.39, 0.29) is 5.69 Å². The van der Waals surface area contributed by atoms with Gasteiger partial charge in [0.05, 0.1) is 15.9 Å². The molecule has 0 saturated heterocycles. The van der Waals surface area contributed by atoms with Gasteiger partial charge < -0.3 is 0 Å². The Morgan fingerprint density at radius 2 is 2.17 bits per heavy atom. The topological polar surface area (TPSA) is 86.7 Å². The van der Waals surface area contributed by atoms with Crippen molar-refractivity contribution >= 4 is 17.4 Å². The Morgan fingerprint density at radius 3 is 2.89 bits per heavy atom. The molecule has 0 aliphatic heterocycles. The first-order valence-corrected chi connectivity index (χ1v) is 6.26. The van der Waals surface area contributed by atoms with Gasteiger partial charge in [0.25, 0.3) is 5.69 Å². The van der Waals surface area contributed by atoms with Gasteiger partial charge in [-0.2, -0.15) is 0 Å². The maximum absolute atomic E-state index is 10.9. The standard InChI is InChI=1S/C10H9N5O2S/c16-15(17)8-3-1-2-4-9(8)18-10-11-12-13-14(10)7-5-6-7/h1-4,7H,5-6H2. The summed E-state index contributed by atoms with van der Waals surface area (Å²) < 4.78 is 1.74. The van der Waals surface area contributed by atoms with Crippen LogP contribution in [-0.2, 0) is 0 Å². The monoisotopic (exact) mass is 263 g/mol. The van der Waals surface area contributed by atoms with Crippen LogP contribution in [0.1, 0.15) is 18.9 Å². The molecule has 1 saturated carbocycles. The Balaban J connectivity index is 1.92. The number of hydrogen-bond donors (Lipinski definition) is 0. The zero-order valence-corrected chi connectivity index (χ0v) is 10.1. The van der Waals surface area contributed by atoms with Gasteiger partial charge in [-0.05, 0) is 41.1 Å². The molecule has 0 unspecified atom stereocenters. The molecule has 0 bridgehead atoms. The van der Waals surface area contributed by atoms with Gasteiger partial charge in [0.1, 0.15) is 0 Å². The van der Waals surface area contributed by atoms with E-state index in [2.05, 4.69) is 15.5 Å². The number of nitro benzene ring substituents is 1. The second kappa shape index (κ2) is 4.37. The molecule has 0 amide bonds. The normalized spacial score (nSPS) is 14.7. The van der Waals surface area contributed by atoms with Crippen LogP contribution in [-0.4, -0.2) is 25.1 Å². The van der Waals surface area contributed by atoms with E-state index in [1.807, 2.05) is 0 Å². The van der Waals surface area contributed by atoms with Crippen LogP contribution in [0.3, 0.4) is 0 Å². The third-order valence-electron chi connectivity index (χ3n) is 2.62. The van der Waals surface area contributed by atoms with Crippen molar-refractivity contribution in [3.8, 4) is 0 Å². The van der Waals surface area contributed by atoms with E-state index in [9.17, 15) is 10.1 Å². The van der Waals surface area contributed by atoms with E-state index < -0.39 is 4.92 Å². The number of rotatable bonds is 4. The molecule has 3 rings (SSSR count). The summed E-state index contributed by atoms with van der Waals surface area (Å²) >= 11 is 1.23. The van der Waals surface area contributed by atoms with Gasteiger partial charge in [-0.3, -0.25) is 10.1 Å². The SMILES string of the molecule is O=[N+]([O-])c1ccccc1Sc1nnnn1C1CC1. The molecule has 1 aliphatic carbocycles. The van der Waals surface area contributed by atoms with E-state index in [1.54, 1.807) is 22.9 Å². The molecule has 1 aromatic heterocycles. The smallest absolute Gasteiger partial charge is 0.258 e. The molecule has 1 heterocycles. The molecule has 1 aliphatic rings. The number of hydrogen-bond acceptors (Lipinski definition) is 6. The van der Waals surface area contributed by atoms with Crippen molar-refractivity contribution in [2.24, 2.45) is 0 Å². The number of tetrazole rings is 1. The molecule has 8 heteroatoms. The van der Waals surface area contributed by atoms with Crippen LogP contribution in [0.5, 0.6) is 0 Å². The van der Waals surface area contributed by atoms with Crippen LogP contribution in [0.25, 0.3) is 0 Å². The minimum Gasteiger partial charge on any atom is -0.258 e. The third-order valence-corrected chi connectivity index (χ3v) is 3.63. The van der Waals surface area contributed by atoms with Crippen molar-refractivity contribution in [2.45, 2.75) is 28.9 Å². The number of benzene rings is 1. The number of nitrogens with zero attached hydrogens (tertiary/aromatic N) is 5. The van der Waals surface area contributed by atoms with Crippen molar-refractivity contribution in [1.29, 1.82) is 0 Å². The molecule has 0 N–H and O–H groups in total. The second-order valence-electron chi connectivity index (χ2n) is 3.96. The molecule has 2 aromatic rings. The first kappa shape index (κ1) is 11.1. The lowest BCUT2D eigenvalue weighted by Gasteiger charge is -2.02. The molecule has 0 radical (unpaired) electrons. The largest absolute Gasteiger partial charge is 0.283 e. The van der Waals surface area contributed by atoms with Gasteiger partial charge in [0, 0.05) is 6.07 Å². The van der Waals surface area contributed by atoms with Crippen molar-refractivity contribution in [2.75, 3.05) is 0 Å². The summed E-state index contributed by atoms with van der Waals surface area (Å²) in [4.78, 5) is 11.1. The Labute approximate surface area is 106 Å². The summed E-state index contributed by atoms with van der Waals surface area (Å²) in [6.07, 6.45) is 2.13. The fraction of sp³-hybridized carbons (Fsp3) is 0.300.